The van der Waals surface area contributed by atoms with Gasteiger partial charge < -0.3 is 5.11 Å². The molecule has 1 unspecified atom stereocenters. The molecule has 0 spiro atoms. The van der Waals surface area contributed by atoms with E-state index in [4.69, 9.17) is 4.99 Å². The molecule has 0 amide bonds. The van der Waals surface area contributed by atoms with Crippen LogP contribution >= 0.6 is 0 Å². The zero-order chi connectivity index (χ0) is 22.7. The third-order valence-corrected chi connectivity index (χ3v) is 6.89. The lowest BCUT2D eigenvalue weighted by atomic mass is 10.1. The zero-order valence-electron chi connectivity index (χ0n) is 20.8. The Labute approximate surface area is 198 Å². The quantitative estimate of drug-likeness (QED) is 0.135. The van der Waals surface area contributed by atoms with Crippen molar-refractivity contribution in [1.82, 2.24) is 0 Å². The Morgan fingerprint density at radius 1 is 0.844 bits per heavy atom. The second kappa shape index (κ2) is 17.1. The number of nitrogens with zero attached hydrogens (tertiary/aromatic N) is 2. The molecule has 0 saturated heterocycles. The van der Waals surface area contributed by atoms with Crippen LogP contribution < -0.4 is 0 Å². The van der Waals surface area contributed by atoms with E-state index in [1.165, 1.54) is 94.9 Å². The number of aliphatic hydroxyl groups is 1. The minimum atomic E-state index is 0.234. The van der Waals surface area contributed by atoms with Crippen LogP contribution in [0.4, 0.5) is 0 Å². The average Bonchev–Trinajstić information content (AvgIpc) is 3.19. The molecular weight excluding hydrogens is 392 g/mol. The van der Waals surface area contributed by atoms with Crippen LogP contribution in [0.2, 0.25) is 0 Å². The summed E-state index contributed by atoms with van der Waals surface area (Å²) in [6, 6.07) is 10.7. The first kappa shape index (κ1) is 26.8. The number of rotatable bonds is 19. The SMILES string of the molecule is CCCCCCCC/C=C\CCCCCCCC1=NCC[N+]1(CCO)Cc1ccccc1. The number of aliphatic imine (C=N–C) groups is 1. The molecule has 2 rings (SSSR count). The van der Waals surface area contributed by atoms with E-state index in [-0.39, 0.29) is 6.61 Å². The molecule has 1 aliphatic heterocycles. The Balaban J connectivity index is 1.54. The molecule has 1 aromatic carbocycles. The molecule has 1 aromatic rings. The van der Waals surface area contributed by atoms with Crippen LogP contribution in [0.25, 0.3) is 0 Å². The van der Waals surface area contributed by atoms with Gasteiger partial charge in [-0.2, -0.15) is 0 Å². The van der Waals surface area contributed by atoms with Crippen molar-refractivity contribution in [2.24, 2.45) is 4.99 Å². The summed E-state index contributed by atoms with van der Waals surface area (Å²) in [4.78, 5) is 4.88. The minimum Gasteiger partial charge on any atom is -0.390 e. The maximum absolute atomic E-state index is 9.72. The average molecular weight is 442 g/mol. The largest absolute Gasteiger partial charge is 0.390 e. The van der Waals surface area contributed by atoms with Gasteiger partial charge in [0.15, 0.2) is 5.84 Å². The number of allylic oxidation sites excluding steroid dienone is 2. The Morgan fingerprint density at radius 2 is 1.47 bits per heavy atom. The Bertz CT molecular complexity index is 640. The number of amidine groups is 1. The van der Waals surface area contributed by atoms with Crippen LogP contribution in [0.1, 0.15) is 102 Å². The fourth-order valence-electron chi connectivity index (χ4n) is 4.93. The molecule has 1 N–H and O–H groups in total. The van der Waals surface area contributed by atoms with Crippen LogP contribution in [0.3, 0.4) is 0 Å². The molecule has 1 atom stereocenters. The summed E-state index contributed by atoms with van der Waals surface area (Å²) in [6.07, 6.45) is 23.3. The van der Waals surface area contributed by atoms with Crippen molar-refractivity contribution in [3.05, 3.63) is 48.0 Å². The van der Waals surface area contributed by atoms with E-state index in [0.717, 1.165) is 37.1 Å². The van der Waals surface area contributed by atoms with Crippen LogP contribution in [0.5, 0.6) is 0 Å². The molecule has 1 aliphatic rings. The predicted molar refractivity (Wildman–Crippen MR) is 139 cm³/mol. The molecule has 0 aromatic heterocycles. The molecule has 180 valence electrons. The van der Waals surface area contributed by atoms with Crippen molar-refractivity contribution in [2.75, 3.05) is 26.2 Å². The van der Waals surface area contributed by atoms with Gasteiger partial charge >= 0.3 is 0 Å². The van der Waals surface area contributed by atoms with E-state index < -0.39 is 0 Å². The Kier molecular flexibility index (Phi) is 14.3. The second-order valence-corrected chi connectivity index (χ2v) is 9.59. The maximum Gasteiger partial charge on any atom is 0.198 e. The first-order valence-electron chi connectivity index (χ1n) is 13.5. The fourth-order valence-corrected chi connectivity index (χ4v) is 4.93. The van der Waals surface area contributed by atoms with Crippen molar-refractivity contribution in [3.8, 4) is 0 Å². The van der Waals surface area contributed by atoms with Crippen LogP contribution in [-0.2, 0) is 6.54 Å². The van der Waals surface area contributed by atoms with E-state index >= 15 is 0 Å². The highest BCUT2D eigenvalue weighted by atomic mass is 16.3. The third kappa shape index (κ3) is 10.4. The standard InChI is InChI=1S/C29H49N2O/c1-2-3-4-5-6-7-8-9-10-11-12-13-14-15-19-22-29-30-23-24-31(29,25-26-32)27-28-20-17-16-18-21-28/h9-10,16-18,20-21,32H,2-8,11-15,19,22-27H2,1H3/q+1/b10-9-. The smallest absolute Gasteiger partial charge is 0.198 e. The lowest BCUT2D eigenvalue weighted by Gasteiger charge is -2.34. The highest BCUT2D eigenvalue weighted by Gasteiger charge is 2.37. The van der Waals surface area contributed by atoms with Crippen molar-refractivity contribution >= 4 is 5.84 Å². The van der Waals surface area contributed by atoms with Gasteiger partial charge in [-0.25, -0.2) is 4.99 Å². The predicted octanol–water partition coefficient (Wildman–Crippen LogP) is 7.45. The van der Waals surface area contributed by atoms with Crippen molar-refractivity contribution < 1.29 is 9.59 Å². The molecule has 0 saturated carbocycles. The molecule has 0 radical (unpaired) electrons. The highest BCUT2D eigenvalue weighted by Crippen LogP contribution is 2.24. The molecular formula is C29H49N2O+. The van der Waals surface area contributed by atoms with E-state index in [1.807, 2.05) is 0 Å². The molecule has 0 aliphatic carbocycles. The summed E-state index contributed by atoms with van der Waals surface area (Å²) in [5, 5.41) is 9.72. The molecule has 3 nitrogen and oxygen atoms in total. The van der Waals surface area contributed by atoms with Gasteiger partial charge in [0, 0.05) is 12.0 Å². The summed E-state index contributed by atoms with van der Waals surface area (Å²) in [5.74, 6) is 1.32. The first-order valence-corrected chi connectivity index (χ1v) is 13.5. The summed E-state index contributed by atoms with van der Waals surface area (Å²) in [5.41, 5.74) is 1.35. The van der Waals surface area contributed by atoms with Crippen molar-refractivity contribution in [2.45, 2.75) is 103 Å². The van der Waals surface area contributed by atoms with Crippen LogP contribution in [0, 0.1) is 0 Å². The Hall–Kier alpha value is -1.45. The highest BCUT2D eigenvalue weighted by molar-refractivity contribution is 5.76. The number of quaternary nitrogens is 1. The Morgan fingerprint density at radius 3 is 2.12 bits per heavy atom. The number of hydrogen-bond donors (Lipinski definition) is 1. The topological polar surface area (TPSA) is 32.6 Å². The number of unbranched alkanes of at least 4 members (excludes halogenated alkanes) is 11. The zero-order valence-corrected chi connectivity index (χ0v) is 20.8. The molecule has 0 fully saturated rings. The van der Waals surface area contributed by atoms with Gasteiger partial charge in [-0.15, -0.1) is 0 Å². The van der Waals surface area contributed by atoms with Gasteiger partial charge in [-0.3, -0.25) is 4.48 Å². The van der Waals surface area contributed by atoms with E-state index in [2.05, 4.69) is 49.4 Å². The summed E-state index contributed by atoms with van der Waals surface area (Å²) in [6.45, 7) is 6.22. The monoisotopic (exact) mass is 441 g/mol. The van der Waals surface area contributed by atoms with Crippen molar-refractivity contribution in [3.63, 3.8) is 0 Å². The molecule has 32 heavy (non-hydrogen) atoms. The van der Waals surface area contributed by atoms with E-state index in [1.54, 1.807) is 0 Å². The van der Waals surface area contributed by atoms with Gasteiger partial charge in [0.25, 0.3) is 0 Å². The van der Waals surface area contributed by atoms with E-state index in [0.29, 0.717) is 0 Å². The van der Waals surface area contributed by atoms with Crippen molar-refractivity contribution in [1.29, 1.82) is 0 Å². The lowest BCUT2D eigenvalue weighted by Crippen LogP contribution is -2.51. The summed E-state index contributed by atoms with van der Waals surface area (Å²) < 4.78 is 0.865. The number of aliphatic hydroxyl groups excluding tert-OH is 1. The normalized spacial score (nSPS) is 18.5. The minimum absolute atomic E-state index is 0.234. The van der Waals surface area contributed by atoms with Crippen LogP contribution in [0.15, 0.2) is 47.5 Å². The van der Waals surface area contributed by atoms with Gasteiger partial charge in [0.1, 0.15) is 19.6 Å². The molecule has 1 heterocycles. The molecule has 3 heteroatoms. The number of benzene rings is 1. The summed E-state index contributed by atoms with van der Waals surface area (Å²) in [7, 11) is 0. The lowest BCUT2D eigenvalue weighted by molar-refractivity contribution is -0.850. The molecule has 0 bridgehead atoms. The summed E-state index contributed by atoms with van der Waals surface area (Å²) >= 11 is 0. The van der Waals surface area contributed by atoms with Gasteiger partial charge in [-0.1, -0.05) is 101 Å². The third-order valence-electron chi connectivity index (χ3n) is 6.89. The van der Waals surface area contributed by atoms with Gasteiger partial charge in [0.05, 0.1) is 13.2 Å². The van der Waals surface area contributed by atoms with Gasteiger partial charge in [0.2, 0.25) is 0 Å². The van der Waals surface area contributed by atoms with E-state index in [9.17, 15) is 5.11 Å². The van der Waals surface area contributed by atoms with Crippen LogP contribution in [-0.4, -0.2) is 41.7 Å². The maximum atomic E-state index is 9.72. The fraction of sp³-hybridized carbons (Fsp3) is 0.690. The first-order chi connectivity index (χ1) is 15.8. The number of hydrogen-bond acceptors (Lipinski definition) is 2. The second-order valence-electron chi connectivity index (χ2n) is 9.59. The van der Waals surface area contributed by atoms with Gasteiger partial charge in [-0.05, 0) is 32.1 Å².